The summed E-state index contributed by atoms with van der Waals surface area (Å²) in [5.41, 5.74) is 1.33. The molecule has 0 aliphatic rings. The van der Waals surface area contributed by atoms with Gasteiger partial charge in [0.05, 0.1) is 0 Å². The monoisotopic (exact) mass is 195 g/mol. The van der Waals surface area contributed by atoms with E-state index in [1.54, 1.807) is 0 Å². The molecule has 0 aliphatic carbocycles. The molecule has 0 spiro atoms. The number of hydrogen-bond acceptors (Lipinski definition) is 0. The summed E-state index contributed by atoms with van der Waals surface area (Å²) in [7, 11) is 0. The second-order valence-corrected chi connectivity index (χ2v) is 3.67. The highest BCUT2D eigenvalue weighted by Crippen LogP contribution is 2.20. The molecule has 1 aromatic carbocycles. The van der Waals surface area contributed by atoms with E-state index in [-0.39, 0.29) is 0 Å². The fourth-order valence-electron chi connectivity index (χ4n) is 1.38. The van der Waals surface area contributed by atoms with Gasteiger partial charge in [-0.2, -0.15) is 0 Å². The number of halogens is 1. The SMILES string of the molecule is [CH2]C(CCCCCl)c1ccccc1. The fraction of sp³-hybridized carbons (Fsp3) is 0.417. The van der Waals surface area contributed by atoms with Crippen molar-refractivity contribution >= 4 is 11.6 Å². The summed E-state index contributed by atoms with van der Waals surface area (Å²) in [5, 5.41) is 0. The van der Waals surface area contributed by atoms with Crippen LogP contribution in [0.2, 0.25) is 0 Å². The highest BCUT2D eigenvalue weighted by molar-refractivity contribution is 6.17. The van der Waals surface area contributed by atoms with Crippen LogP contribution in [0.15, 0.2) is 30.3 Å². The molecule has 1 unspecified atom stereocenters. The average Bonchev–Trinajstić information content (AvgIpc) is 2.19. The van der Waals surface area contributed by atoms with E-state index >= 15 is 0 Å². The molecule has 0 saturated carbocycles. The Hall–Kier alpha value is -0.490. The topological polar surface area (TPSA) is 0 Å². The zero-order chi connectivity index (χ0) is 9.52. The van der Waals surface area contributed by atoms with E-state index < -0.39 is 0 Å². The van der Waals surface area contributed by atoms with Crippen LogP contribution < -0.4 is 0 Å². The van der Waals surface area contributed by atoms with Gasteiger partial charge in [-0.3, -0.25) is 0 Å². The van der Waals surface area contributed by atoms with Crippen LogP contribution in [-0.2, 0) is 0 Å². The van der Waals surface area contributed by atoms with Crippen molar-refractivity contribution < 1.29 is 0 Å². The zero-order valence-electron chi connectivity index (χ0n) is 7.88. The largest absolute Gasteiger partial charge is 0.127 e. The van der Waals surface area contributed by atoms with E-state index in [4.69, 9.17) is 11.6 Å². The number of rotatable bonds is 5. The van der Waals surface area contributed by atoms with Crippen molar-refractivity contribution in [2.24, 2.45) is 0 Å². The molecule has 1 radical (unpaired) electrons. The van der Waals surface area contributed by atoms with Gasteiger partial charge in [0.2, 0.25) is 0 Å². The second kappa shape index (κ2) is 6.04. The van der Waals surface area contributed by atoms with E-state index in [1.165, 1.54) is 12.0 Å². The summed E-state index contributed by atoms with van der Waals surface area (Å²) >= 11 is 5.61. The minimum absolute atomic E-state index is 0.421. The van der Waals surface area contributed by atoms with Gasteiger partial charge in [0.1, 0.15) is 0 Å². The third-order valence-corrected chi connectivity index (χ3v) is 2.47. The van der Waals surface area contributed by atoms with Crippen molar-refractivity contribution in [3.05, 3.63) is 42.8 Å². The van der Waals surface area contributed by atoms with Gasteiger partial charge < -0.3 is 0 Å². The summed E-state index contributed by atoms with van der Waals surface area (Å²) in [5.74, 6) is 1.19. The highest BCUT2D eigenvalue weighted by atomic mass is 35.5. The molecule has 0 fully saturated rings. The lowest BCUT2D eigenvalue weighted by Gasteiger charge is -2.10. The third kappa shape index (κ3) is 3.82. The maximum atomic E-state index is 5.61. The number of alkyl halides is 1. The lowest BCUT2D eigenvalue weighted by molar-refractivity contribution is 0.664. The van der Waals surface area contributed by atoms with Gasteiger partial charge in [-0.1, -0.05) is 36.8 Å². The maximum Gasteiger partial charge on any atom is 0.0223 e. The smallest absolute Gasteiger partial charge is 0.0223 e. The van der Waals surface area contributed by atoms with Crippen LogP contribution in [0.1, 0.15) is 30.7 Å². The van der Waals surface area contributed by atoms with Crippen LogP contribution in [0.3, 0.4) is 0 Å². The first-order valence-corrected chi connectivity index (χ1v) is 5.32. The van der Waals surface area contributed by atoms with Crippen molar-refractivity contribution in [2.45, 2.75) is 25.2 Å². The molecule has 0 aliphatic heterocycles. The predicted octanol–water partition coefficient (Wildman–Crippen LogP) is 4.01. The Kier molecular flexibility index (Phi) is 4.92. The molecule has 0 nitrogen and oxygen atoms in total. The quantitative estimate of drug-likeness (QED) is 0.492. The number of benzene rings is 1. The van der Waals surface area contributed by atoms with Gasteiger partial charge in [-0.15, -0.1) is 11.6 Å². The van der Waals surface area contributed by atoms with E-state index in [0.717, 1.165) is 18.7 Å². The van der Waals surface area contributed by atoms with Crippen LogP contribution >= 0.6 is 11.6 Å². The van der Waals surface area contributed by atoms with Gasteiger partial charge in [-0.25, -0.2) is 0 Å². The minimum Gasteiger partial charge on any atom is -0.127 e. The molecule has 0 saturated heterocycles. The molecule has 1 heteroatoms. The molecular weight excluding hydrogens is 180 g/mol. The predicted molar refractivity (Wildman–Crippen MR) is 59.1 cm³/mol. The Labute approximate surface area is 85.9 Å². The molecule has 0 N–H and O–H groups in total. The van der Waals surface area contributed by atoms with Gasteiger partial charge in [-0.05, 0) is 31.2 Å². The van der Waals surface area contributed by atoms with Crippen molar-refractivity contribution in [3.8, 4) is 0 Å². The normalized spacial score (nSPS) is 12.8. The van der Waals surface area contributed by atoms with E-state index in [1.807, 2.05) is 6.07 Å². The van der Waals surface area contributed by atoms with E-state index in [0.29, 0.717) is 5.92 Å². The molecule has 1 atom stereocenters. The summed E-state index contributed by atoms with van der Waals surface area (Å²) in [6, 6.07) is 10.4. The maximum absolute atomic E-state index is 5.61. The Morgan fingerprint density at radius 3 is 2.46 bits per heavy atom. The molecule has 0 heterocycles. The summed E-state index contributed by atoms with van der Waals surface area (Å²) in [6.07, 6.45) is 3.41. The van der Waals surface area contributed by atoms with Crippen LogP contribution in [0, 0.1) is 6.92 Å². The van der Waals surface area contributed by atoms with E-state index in [9.17, 15) is 0 Å². The molecule has 13 heavy (non-hydrogen) atoms. The molecule has 1 aromatic rings. The van der Waals surface area contributed by atoms with Crippen LogP contribution in [-0.4, -0.2) is 5.88 Å². The first-order valence-electron chi connectivity index (χ1n) is 4.78. The molecule has 0 aromatic heterocycles. The fourth-order valence-corrected chi connectivity index (χ4v) is 1.57. The molecule has 0 amide bonds. The van der Waals surface area contributed by atoms with Crippen molar-refractivity contribution in [2.75, 3.05) is 5.88 Å². The standard InChI is InChI=1S/C12H16Cl/c1-11(7-5-6-10-13)12-8-3-2-4-9-12/h2-4,8-9,11H,1,5-7,10H2. The first kappa shape index (κ1) is 10.6. The molecule has 0 bridgehead atoms. The van der Waals surface area contributed by atoms with Gasteiger partial charge in [0.25, 0.3) is 0 Å². The third-order valence-electron chi connectivity index (χ3n) is 2.21. The summed E-state index contributed by atoms with van der Waals surface area (Å²) < 4.78 is 0. The van der Waals surface area contributed by atoms with Crippen LogP contribution in [0.4, 0.5) is 0 Å². The molecular formula is C12H16Cl. The average molecular weight is 196 g/mol. The first-order chi connectivity index (χ1) is 6.34. The Bertz CT molecular complexity index is 218. The number of hydrogen-bond donors (Lipinski definition) is 0. The van der Waals surface area contributed by atoms with Gasteiger partial charge in [0.15, 0.2) is 0 Å². The molecule has 1 rings (SSSR count). The van der Waals surface area contributed by atoms with Gasteiger partial charge in [0, 0.05) is 5.88 Å². The van der Waals surface area contributed by atoms with Gasteiger partial charge >= 0.3 is 0 Å². The highest BCUT2D eigenvalue weighted by Gasteiger charge is 2.03. The second-order valence-electron chi connectivity index (χ2n) is 3.29. The van der Waals surface area contributed by atoms with Crippen molar-refractivity contribution in [1.82, 2.24) is 0 Å². The zero-order valence-corrected chi connectivity index (χ0v) is 8.63. The minimum atomic E-state index is 0.421. The summed E-state index contributed by atoms with van der Waals surface area (Å²) in [4.78, 5) is 0. The lowest BCUT2D eigenvalue weighted by Crippen LogP contribution is -1.93. The number of unbranched alkanes of at least 4 members (excludes halogenated alkanes) is 1. The Morgan fingerprint density at radius 2 is 1.85 bits per heavy atom. The van der Waals surface area contributed by atoms with Crippen molar-refractivity contribution in [1.29, 1.82) is 0 Å². The van der Waals surface area contributed by atoms with E-state index in [2.05, 4.69) is 31.2 Å². The van der Waals surface area contributed by atoms with Crippen LogP contribution in [0.25, 0.3) is 0 Å². The Balaban J connectivity index is 2.35. The lowest BCUT2D eigenvalue weighted by atomic mass is 9.96. The summed E-state index contributed by atoms with van der Waals surface area (Å²) in [6.45, 7) is 4.14. The Morgan fingerprint density at radius 1 is 1.15 bits per heavy atom. The molecule has 71 valence electrons. The van der Waals surface area contributed by atoms with Crippen LogP contribution in [0.5, 0.6) is 0 Å². The van der Waals surface area contributed by atoms with Crippen molar-refractivity contribution in [3.63, 3.8) is 0 Å².